The molecule has 0 unspecified atom stereocenters. The van der Waals surface area contributed by atoms with Crippen LogP contribution < -0.4 is 5.32 Å². The number of nitrogens with one attached hydrogen (secondary N) is 1. The Morgan fingerprint density at radius 3 is 2.61 bits per heavy atom. The summed E-state index contributed by atoms with van der Waals surface area (Å²) in [6.45, 7) is 3.53. The lowest BCUT2D eigenvalue weighted by Crippen LogP contribution is -2.16. The number of rotatable bonds is 2. The highest BCUT2D eigenvalue weighted by Crippen LogP contribution is 2.05. The summed E-state index contributed by atoms with van der Waals surface area (Å²) < 4.78 is 12.6. The van der Waals surface area contributed by atoms with Gasteiger partial charge in [0, 0.05) is 6.20 Å². The third kappa shape index (κ3) is 2.62. The van der Waals surface area contributed by atoms with Crippen molar-refractivity contribution in [2.75, 3.05) is 5.32 Å². The number of amides is 1. The number of aromatic nitrogens is 4. The minimum Gasteiger partial charge on any atom is -0.289 e. The van der Waals surface area contributed by atoms with Gasteiger partial charge in [-0.3, -0.25) is 10.1 Å². The summed E-state index contributed by atoms with van der Waals surface area (Å²) in [7, 11) is 0. The number of aryl methyl sites for hydroxylation is 2. The zero-order chi connectivity index (χ0) is 13.1. The third-order valence-corrected chi connectivity index (χ3v) is 2.31. The lowest BCUT2D eigenvalue weighted by molar-refractivity contribution is 0.102. The van der Waals surface area contributed by atoms with Crippen LogP contribution in [0, 0.1) is 19.8 Å². The van der Waals surface area contributed by atoms with E-state index in [0.29, 0.717) is 11.4 Å². The lowest BCUT2D eigenvalue weighted by atomic mass is 10.3. The number of hydrogen-bond acceptors (Lipinski definition) is 5. The summed E-state index contributed by atoms with van der Waals surface area (Å²) in [5.74, 6) is -1.00. The zero-order valence-electron chi connectivity index (χ0n) is 9.81. The first-order chi connectivity index (χ1) is 8.56. The van der Waals surface area contributed by atoms with Crippen LogP contribution in [0.3, 0.4) is 0 Å². The van der Waals surface area contributed by atoms with Gasteiger partial charge in [0.2, 0.25) is 11.9 Å². The number of carbonyl (C=O) groups excluding carboxylic acids is 1. The molecule has 0 spiro atoms. The predicted octanol–water partition coefficient (Wildman–Crippen LogP) is 1.27. The maximum absolute atomic E-state index is 12.6. The van der Waals surface area contributed by atoms with Gasteiger partial charge in [0.25, 0.3) is 5.91 Å². The van der Waals surface area contributed by atoms with Gasteiger partial charge in [-0.05, 0) is 26.0 Å². The van der Waals surface area contributed by atoms with E-state index in [2.05, 4.69) is 25.5 Å². The molecule has 0 bridgehead atoms. The third-order valence-electron chi connectivity index (χ3n) is 2.31. The van der Waals surface area contributed by atoms with Crippen molar-refractivity contribution in [2.24, 2.45) is 0 Å². The van der Waals surface area contributed by atoms with Crippen LogP contribution in [-0.4, -0.2) is 26.1 Å². The SMILES string of the molecule is Cc1nnc(NC(=O)c2ccc(F)nc2)nc1C. The first-order valence-electron chi connectivity index (χ1n) is 5.17. The maximum atomic E-state index is 12.6. The van der Waals surface area contributed by atoms with E-state index < -0.39 is 11.9 Å². The van der Waals surface area contributed by atoms with Crippen LogP contribution in [0.25, 0.3) is 0 Å². The minimum absolute atomic E-state index is 0.104. The second-order valence-corrected chi connectivity index (χ2v) is 3.63. The van der Waals surface area contributed by atoms with Crippen LogP contribution in [0.2, 0.25) is 0 Å². The first-order valence-corrected chi connectivity index (χ1v) is 5.17. The van der Waals surface area contributed by atoms with Crippen LogP contribution in [0.15, 0.2) is 18.3 Å². The first kappa shape index (κ1) is 12.0. The monoisotopic (exact) mass is 247 g/mol. The highest BCUT2D eigenvalue weighted by atomic mass is 19.1. The molecule has 0 radical (unpaired) electrons. The molecular weight excluding hydrogens is 237 g/mol. The van der Waals surface area contributed by atoms with E-state index in [4.69, 9.17) is 0 Å². The molecule has 0 saturated heterocycles. The number of anilines is 1. The molecule has 2 aromatic rings. The van der Waals surface area contributed by atoms with Gasteiger partial charge in [-0.2, -0.15) is 9.49 Å². The van der Waals surface area contributed by atoms with Crippen LogP contribution in [-0.2, 0) is 0 Å². The molecule has 6 nitrogen and oxygen atoms in total. The molecule has 7 heteroatoms. The van der Waals surface area contributed by atoms with Crippen LogP contribution >= 0.6 is 0 Å². The standard InChI is InChI=1S/C11H10FN5O/c1-6-7(2)16-17-11(14-6)15-10(18)8-3-4-9(12)13-5-8/h3-5H,1-2H3,(H,14,15,17,18). The van der Waals surface area contributed by atoms with E-state index in [0.717, 1.165) is 12.3 Å². The van der Waals surface area contributed by atoms with Crippen molar-refractivity contribution in [1.29, 1.82) is 0 Å². The van der Waals surface area contributed by atoms with Gasteiger partial charge in [0.1, 0.15) is 0 Å². The second kappa shape index (κ2) is 4.82. The fraction of sp³-hybridized carbons (Fsp3) is 0.182. The summed E-state index contributed by atoms with van der Waals surface area (Å²) in [4.78, 5) is 19.2. The van der Waals surface area contributed by atoms with E-state index in [-0.39, 0.29) is 11.5 Å². The van der Waals surface area contributed by atoms with E-state index in [9.17, 15) is 9.18 Å². The smallest absolute Gasteiger partial charge is 0.259 e. The highest BCUT2D eigenvalue weighted by Gasteiger charge is 2.09. The van der Waals surface area contributed by atoms with Gasteiger partial charge in [-0.15, -0.1) is 5.10 Å². The summed E-state index contributed by atoms with van der Waals surface area (Å²) in [5, 5.41) is 10.0. The zero-order valence-corrected chi connectivity index (χ0v) is 9.81. The van der Waals surface area contributed by atoms with Crippen molar-refractivity contribution >= 4 is 11.9 Å². The quantitative estimate of drug-likeness (QED) is 0.808. The van der Waals surface area contributed by atoms with Gasteiger partial charge in [0.15, 0.2) is 0 Å². The van der Waals surface area contributed by atoms with Crippen molar-refractivity contribution in [3.63, 3.8) is 0 Å². The largest absolute Gasteiger partial charge is 0.289 e. The molecule has 2 heterocycles. The molecule has 0 saturated carbocycles. The second-order valence-electron chi connectivity index (χ2n) is 3.63. The van der Waals surface area contributed by atoms with Crippen molar-refractivity contribution in [1.82, 2.24) is 20.2 Å². The lowest BCUT2D eigenvalue weighted by Gasteiger charge is -2.04. The molecule has 0 aliphatic carbocycles. The number of nitrogens with zero attached hydrogens (tertiary/aromatic N) is 4. The molecule has 1 amide bonds. The molecule has 0 aliphatic rings. The molecule has 0 aromatic carbocycles. The van der Waals surface area contributed by atoms with Gasteiger partial charge >= 0.3 is 0 Å². The Morgan fingerprint density at radius 1 is 1.22 bits per heavy atom. The van der Waals surface area contributed by atoms with Gasteiger partial charge in [-0.1, -0.05) is 0 Å². The molecule has 0 fully saturated rings. The molecule has 1 N–H and O–H groups in total. The Morgan fingerprint density at radius 2 is 2.00 bits per heavy atom. The molecule has 0 atom stereocenters. The van der Waals surface area contributed by atoms with Crippen LogP contribution in [0.4, 0.5) is 10.3 Å². The van der Waals surface area contributed by atoms with Crippen LogP contribution in [0.5, 0.6) is 0 Å². The molecule has 18 heavy (non-hydrogen) atoms. The number of halogens is 1. The van der Waals surface area contributed by atoms with E-state index in [1.165, 1.54) is 6.07 Å². The van der Waals surface area contributed by atoms with Gasteiger partial charge in [0.05, 0.1) is 17.0 Å². The Hall–Kier alpha value is -2.44. The Bertz CT molecular complexity index is 584. The highest BCUT2D eigenvalue weighted by molar-refractivity contribution is 6.02. The van der Waals surface area contributed by atoms with E-state index in [1.54, 1.807) is 13.8 Å². The summed E-state index contributed by atoms with van der Waals surface area (Å²) in [6, 6.07) is 2.43. The summed E-state index contributed by atoms with van der Waals surface area (Å²) >= 11 is 0. The Labute approximate surface area is 102 Å². The average molecular weight is 247 g/mol. The predicted molar refractivity (Wildman–Crippen MR) is 61.4 cm³/mol. The molecule has 0 aliphatic heterocycles. The number of pyridine rings is 1. The minimum atomic E-state index is -0.643. The Kier molecular flexibility index (Phi) is 3.22. The van der Waals surface area contributed by atoms with Gasteiger partial charge < -0.3 is 0 Å². The fourth-order valence-corrected chi connectivity index (χ4v) is 1.19. The van der Waals surface area contributed by atoms with Crippen molar-refractivity contribution in [3.05, 3.63) is 41.2 Å². The topological polar surface area (TPSA) is 80.7 Å². The summed E-state index contributed by atoms with van der Waals surface area (Å²) in [5.41, 5.74) is 1.59. The van der Waals surface area contributed by atoms with Crippen molar-refractivity contribution < 1.29 is 9.18 Å². The van der Waals surface area contributed by atoms with E-state index >= 15 is 0 Å². The fourth-order valence-electron chi connectivity index (χ4n) is 1.19. The van der Waals surface area contributed by atoms with Gasteiger partial charge in [-0.25, -0.2) is 9.97 Å². The van der Waals surface area contributed by atoms with Crippen molar-refractivity contribution in [2.45, 2.75) is 13.8 Å². The Balaban J connectivity index is 2.16. The van der Waals surface area contributed by atoms with E-state index in [1.807, 2.05) is 0 Å². The molecule has 2 rings (SSSR count). The summed E-state index contributed by atoms with van der Waals surface area (Å²) in [6.07, 6.45) is 1.14. The normalized spacial score (nSPS) is 10.2. The average Bonchev–Trinajstić information content (AvgIpc) is 2.34. The van der Waals surface area contributed by atoms with Crippen molar-refractivity contribution in [3.8, 4) is 0 Å². The number of hydrogen-bond donors (Lipinski definition) is 1. The molecular formula is C11H10FN5O. The molecule has 2 aromatic heterocycles. The number of carbonyl (C=O) groups is 1. The molecule has 92 valence electrons. The van der Waals surface area contributed by atoms with Crippen LogP contribution in [0.1, 0.15) is 21.7 Å². The maximum Gasteiger partial charge on any atom is 0.259 e.